The zero-order valence-electron chi connectivity index (χ0n) is 14.4. The molecule has 0 aliphatic rings. The molecule has 0 fully saturated rings. The van der Waals surface area contributed by atoms with Gasteiger partial charge < -0.3 is 9.47 Å². The number of nitrogens with zero attached hydrogens (tertiary/aromatic N) is 1. The molecule has 0 aromatic carbocycles. The minimum atomic E-state index is -1.67. The molecule has 1 aromatic rings. The molecule has 0 bridgehead atoms. The standard InChI is InChI=1S/C17H23NO5/c1-16(2,3)22-14(20)12(15(21)23-17(4,5)6)13(19)11-8-7-9-18-10-11/h7-10,12H,1-6H3. The van der Waals surface area contributed by atoms with E-state index in [4.69, 9.17) is 9.47 Å². The summed E-state index contributed by atoms with van der Waals surface area (Å²) in [5, 5.41) is 0. The molecule has 0 aliphatic heterocycles. The quantitative estimate of drug-likeness (QED) is 0.481. The van der Waals surface area contributed by atoms with Crippen LogP contribution in [0.5, 0.6) is 0 Å². The Morgan fingerprint density at radius 2 is 1.43 bits per heavy atom. The summed E-state index contributed by atoms with van der Waals surface area (Å²) in [7, 11) is 0. The predicted molar refractivity (Wildman–Crippen MR) is 83.7 cm³/mol. The van der Waals surface area contributed by atoms with Crippen LogP contribution in [0.4, 0.5) is 0 Å². The number of rotatable bonds is 4. The van der Waals surface area contributed by atoms with Crippen molar-refractivity contribution < 1.29 is 23.9 Å². The zero-order valence-corrected chi connectivity index (χ0v) is 14.4. The number of ketones is 1. The Morgan fingerprint density at radius 3 is 1.78 bits per heavy atom. The summed E-state index contributed by atoms with van der Waals surface area (Å²) in [6.07, 6.45) is 2.79. The molecule has 0 saturated heterocycles. The van der Waals surface area contributed by atoms with Crippen LogP contribution in [0.25, 0.3) is 0 Å². The van der Waals surface area contributed by atoms with Crippen molar-refractivity contribution >= 4 is 17.7 Å². The van der Waals surface area contributed by atoms with E-state index in [9.17, 15) is 14.4 Å². The maximum atomic E-state index is 12.6. The fourth-order valence-corrected chi connectivity index (χ4v) is 1.71. The Hall–Kier alpha value is -2.24. The molecule has 0 spiro atoms. The molecule has 6 heteroatoms. The Kier molecular flexibility index (Phi) is 5.64. The first-order chi connectivity index (χ1) is 10.4. The number of aromatic nitrogens is 1. The van der Waals surface area contributed by atoms with Crippen molar-refractivity contribution in [3.8, 4) is 0 Å². The van der Waals surface area contributed by atoms with Crippen molar-refractivity contribution in [3.05, 3.63) is 30.1 Å². The largest absolute Gasteiger partial charge is 0.459 e. The van der Waals surface area contributed by atoms with Crippen LogP contribution in [0, 0.1) is 5.92 Å². The van der Waals surface area contributed by atoms with Crippen LogP contribution >= 0.6 is 0 Å². The third-order valence-electron chi connectivity index (χ3n) is 2.49. The van der Waals surface area contributed by atoms with Crippen LogP contribution in [-0.2, 0) is 19.1 Å². The number of carbonyl (C=O) groups is 3. The molecule has 23 heavy (non-hydrogen) atoms. The fourth-order valence-electron chi connectivity index (χ4n) is 1.71. The van der Waals surface area contributed by atoms with E-state index in [1.54, 1.807) is 47.6 Å². The molecule has 6 nitrogen and oxygen atoms in total. The highest BCUT2D eigenvalue weighted by Crippen LogP contribution is 2.19. The van der Waals surface area contributed by atoms with Gasteiger partial charge in [0, 0.05) is 18.0 Å². The molecule has 0 saturated carbocycles. The highest BCUT2D eigenvalue weighted by molar-refractivity contribution is 6.20. The second-order valence-electron chi connectivity index (χ2n) is 7.11. The number of pyridine rings is 1. The van der Waals surface area contributed by atoms with Gasteiger partial charge in [-0.05, 0) is 53.7 Å². The van der Waals surface area contributed by atoms with Gasteiger partial charge in [-0.25, -0.2) is 0 Å². The number of ether oxygens (including phenoxy) is 2. The lowest BCUT2D eigenvalue weighted by molar-refractivity contribution is -0.171. The third kappa shape index (κ3) is 6.18. The molecule has 1 aromatic heterocycles. The van der Waals surface area contributed by atoms with Crippen LogP contribution in [-0.4, -0.2) is 33.9 Å². The second-order valence-corrected chi connectivity index (χ2v) is 7.11. The van der Waals surface area contributed by atoms with Crippen LogP contribution in [0.1, 0.15) is 51.9 Å². The summed E-state index contributed by atoms with van der Waals surface area (Å²) >= 11 is 0. The third-order valence-corrected chi connectivity index (χ3v) is 2.49. The van der Waals surface area contributed by atoms with Gasteiger partial charge in [0.05, 0.1) is 0 Å². The van der Waals surface area contributed by atoms with Gasteiger partial charge in [0.15, 0.2) is 5.78 Å². The van der Waals surface area contributed by atoms with Crippen LogP contribution in [0.3, 0.4) is 0 Å². The van der Waals surface area contributed by atoms with Gasteiger partial charge in [-0.2, -0.15) is 0 Å². The SMILES string of the molecule is CC(C)(C)OC(=O)C(C(=O)OC(C)(C)C)C(=O)c1cccnc1. The van der Waals surface area contributed by atoms with Gasteiger partial charge >= 0.3 is 11.9 Å². The molecule has 0 radical (unpaired) electrons. The van der Waals surface area contributed by atoms with Gasteiger partial charge in [-0.15, -0.1) is 0 Å². The molecular weight excluding hydrogens is 298 g/mol. The molecule has 0 unspecified atom stereocenters. The first kappa shape index (κ1) is 18.8. The van der Waals surface area contributed by atoms with E-state index in [-0.39, 0.29) is 5.56 Å². The average molecular weight is 321 g/mol. The summed E-state index contributed by atoms with van der Waals surface area (Å²) in [6, 6.07) is 3.03. The summed E-state index contributed by atoms with van der Waals surface area (Å²) in [4.78, 5) is 41.1. The van der Waals surface area contributed by atoms with Gasteiger partial charge in [-0.1, -0.05) is 0 Å². The van der Waals surface area contributed by atoms with E-state index in [0.717, 1.165) is 0 Å². The van der Waals surface area contributed by atoms with E-state index in [0.29, 0.717) is 0 Å². The van der Waals surface area contributed by atoms with E-state index >= 15 is 0 Å². The van der Waals surface area contributed by atoms with Crippen molar-refractivity contribution in [1.82, 2.24) is 4.98 Å². The number of hydrogen-bond acceptors (Lipinski definition) is 6. The lowest BCUT2D eigenvalue weighted by Gasteiger charge is -2.25. The van der Waals surface area contributed by atoms with Gasteiger partial charge in [0.25, 0.3) is 0 Å². The molecule has 1 heterocycles. The Balaban J connectivity index is 3.13. The van der Waals surface area contributed by atoms with Crippen molar-refractivity contribution in [2.24, 2.45) is 5.92 Å². The van der Waals surface area contributed by atoms with E-state index in [1.807, 2.05) is 0 Å². The molecular formula is C17H23NO5. The fraction of sp³-hybridized carbons (Fsp3) is 0.529. The number of Topliss-reactive ketones (excluding diaryl/α,β-unsaturated/α-hetero) is 1. The van der Waals surface area contributed by atoms with Gasteiger partial charge in [-0.3, -0.25) is 19.4 Å². The second kappa shape index (κ2) is 6.89. The van der Waals surface area contributed by atoms with Crippen LogP contribution in [0.15, 0.2) is 24.5 Å². The van der Waals surface area contributed by atoms with Crippen molar-refractivity contribution in [2.75, 3.05) is 0 Å². The van der Waals surface area contributed by atoms with Gasteiger partial charge in [0.2, 0.25) is 5.92 Å². The summed E-state index contributed by atoms with van der Waals surface area (Å²) < 4.78 is 10.4. The van der Waals surface area contributed by atoms with Crippen molar-refractivity contribution in [1.29, 1.82) is 0 Å². The number of esters is 2. The zero-order chi connectivity index (χ0) is 17.8. The van der Waals surface area contributed by atoms with Crippen LogP contribution < -0.4 is 0 Å². The van der Waals surface area contributed by atoms with E-state index in [2.05, 4.69) is 4.98 Å². The molecule has 0 aliphatic carbocycles. The average Bonchev–Trinajstić information content (AvgIpc) is 2.35. The molecule has 0 amide bonds. The van der Waals surface area contributed by atoms with Gasteiger partial charge in [0.1, 0.15) is 11.2 Å². The number of hydrogen-bond donors (Lipinski definition) is 0. The maximum Gasteiger partial charge on any atom is 0.328 e. The Labute approximate surface area is 136 Å². The van der Waals surface area contributed by atoms with E-state index < -0.39 is 34.8 Å². The first-order valence-electron chi connectivity index (χ1n) is 7.31. The minimum absolute atomic E-state index is 0.147. The van der Waals surface area contributed by atoms with Crippen molar-refractivity contribution in [2.45, 2.75) is 52.7 Å². The lowest BCUT2D eigenvalue weighted by Crippen LogP contribution is -2.41. The topological polar surface area (TPSA) is 82.6 Å². The molecule has 0 atom stereocenters. The summed E-state index contributed by atoms with van der Waals surface area (Å²) in [5.41, 5.74) is -1.51. The highest BCUT2D eigenvalue weighted by Gasteiger charge is 2.41. The highest BCUT2D eigenvalue weighted by atomic mass is 16.6. The first-order valence-corrected chi connectivity index (χ1v) is 7.31. The minimum Gasteiger partial charge on any atom is -0.459 e. The normalized spacial score (nSPS) is 12.0. The molecule has 0 N–H and O–H groups in total. The molecule has 126 valence electrons. The van der Waals surface area contributed by atoms with Crippen LogP contribution in [0.2, 0.25) is 0 Å². The number of carbonyl (C=O) groups excluding carboxylic acids is 3. The van der Waals surface area contributed by atoms with Crippen molar-refractivity contribution in [3.63, 3.8) is 0 Å². The monoisotopic (exact) mass is 321 g/mol. The maximum absolute atomic E-state index is 12.6. The lowest BCUT2D eigenvalue weighted by atomic mass is 9.98. The summed E-state index contributed by atoms with van der Waals surface area (Å²) in [6.45, 7) is 9.95. The summed E-state index contributed by atoms with van der Waals surface area (Å²) in [5.74, 6) is -4.22. The Morgan fingerprint density at radius 1 is 0.957 bits per heavy atom. The predicted octanol–water partition coefficient (Wildman–Crippen LogP) is 2.56. The smallest absolute Gasteiger partial charge is 0.328 e. The van der Waals surface area contributed by atoms with E-state index in [1.165, 1.54) is 18.5 Å². The Bertz CT molecular complexity index is 553. The molecule has 1 rings (SSSR count).